The van der Waals surface area contributed by atoms with Crippen molar-refractivity contribution >= 4 is 62.4 Å². The SMILES string of the molecule is O=C(CN1C(=O)SC(=Cc2cc(Cl)c(O)c(Br)c2)C1=O)N1CCCCCC1. The number of imide groups is 1. The molecule has 3 rings (SSSR count). The van der Waals surface area contributed by atoms with Crippen molar-refractivity contribution in [1.82, 2.24) is 9.80 Å². The third-order valence-corrected chi connectivity index (χ3v) is 6.26. The van der Waals surface area contributed by atoms with E-state index in [0.717, 1.165) is 42.3 Å². The van der Waals surface area contributed by atoms with Crippen molar-refractivity contribution in [2.75, 3.05) is 19.6 Å². The molecular formula is C18H18BrClN2O4S. The first-order valence-corrected chi connectivity index (χ1v) is 10.6. The molecule has 0 bridgehead atoms. The van der Waals surface area contributed by atoms with Crippen LogP contribution in [-0.2, 0) is 9.59 Å². The molecule has 27 heavy (non-hydrogen) atoms. The Morgan fingerprint density at radius 2 is 1.89 bits per heavy atom. The van der Waals surface area contributed by atoms with Gasteiger partial charge in [-0.05, 0) is 64.3 Å². The topological polar surface area (TPSA) is 77.9 Å². The number of amides is 3. The molecule has 0 atom stereocenters. The fourth-order valence-electron chi connectivity index (χ4n) is 3.01. The number of likely N-dealkylation sites (tertiary alicyclic amines) is 1. The van der Waals surface area contributed by atoms with Crippen LogP contribution >= 0.6 is 39.3 Å². The first kappa shape index (κ1) is 20.2. The molecule has 144 valence electrons. The zero-order valence-electron chi connectivity index (χ0n) is 14.4. The quantitative estimate of drug-likeness (QED) is 0.664. The van der Waals surface area contributed by atoms with Gasteiger partial charge in [-0.3, -0.25) is 19.3 Å². The second-order valence-corrected chi connectivity index (χ2v) is 8.65. The van der Waals surface area contributed by atoms with Crippen molar-refractivity contribution in [3.8, 4) is 5.75 Å². The van der Waals surface area contributed by atoms with Crippen LogP contribution < -0.4 is 0 Å². The number of benzene rings is 1. The maximum absolute atomic E-state index is 12.6. The summed E-state index contributed by atoms with van der Waals surface area (Å²) in [6.07, 6.45) is 5.61. The molecule has 0 aromatic heterocycles. The van der Waals surface area contributed by atoms with Crippen molar-refractivity contribution in [3.05, 3.63) is 32.1 Å². The fraction of sp³-hybridized carbons (Fsp3) is 0.389. The Bertz CT molecular complexity index is 799. The number of thioether (sulfide) groups is 1. The maximum Gasteiger partial charge on any atom is 0.294 e. The number of carbonyl (C=O) groups excluding carboxylic acids is 3. The highest BCUT2D eigenvalue weighted by atomic mass is 79.9. The third kappa shape index (κ3) is 4.67. The lowest BCUT2D eigenvalue weighted by Gasteiger charge is -2.22. The standard InChI is InChI=1S/C18H18BrClN2O4S/c19-12-7-11(8-13(20)16(12)24)9-14-17(25)22(18(26)27-14)10-15(23)21-5-3-1-2-4-6-21/h7-9,24H,1-6,10H2. The molecule has 2 saturated heterocycles. The van der Waals surface area contributed by atoms with Crippen LogP contribution in [0.3, 0.4) is 0 Å². The van der Waals surface area contributed by atoms with E-state index in [1.54, 1.807) is 11.0 Å². The third-order valence-electron chi connectivity index (χ3n) is 4.46. The van der Waals surface area contributed by atoms with Gasteiger partial charge in [0.2, 0.25) is 5.91 Å². The Morgan fingerprint density at radius 3 is 2.52 bits per heavy atom. The minimum Gasteiger partial charge on any atom is -0.505 e. The first-order chi connectivity index (χ1) is 12.9. The molecule has 1 aromatic carbocycles. The van der Waals surface area contributed by atoms with E-state index in [0.29, 0.717) is 23.1 Å². The van der Waals surface area contributed by atoms with Crippen LogP contribution in [0, 0.1) is 0 Å². The highest BCUT2D eigenvalue weighted by Crippen LogP contribution is 2.36. The number of aromatic hydroxyl groups is 1. The minimum atomic E-state index is -0.492. The zero-order valence-corrected chi connectivity index (χ0v) is 17.6. The summed E-state index contributed by atoms with van der Waals surface area (Å²) >= 11 is 9.92. The van der Waals surface area contributed by atoms with E-state index in [1.807, 2.05) is 0 Å². The van der Waals surface area contributed by atoms with Gasteiger partial charge in [0.05, 0.1) is 14.4 Å². The molecule has 2 aliphatic heterocycles. The summed E-state index contributed by atoms with van der Waals surface area (Å²) in [4.78, 5) is 40.3. The largest absolute Gasteiger partial charge is 0.505 e. The van der Waals surface area contributed by atoms with E-state index in [2.05, 4.69) is 15.9 Å². The minimum absolute atomic E-state index is 0.0926. The van der Waals surface area contributed by atoms with Gasteiger partial charge in [0, 0.05) is 13.1 Å². The zero-order chi connectivity index (χ0) is 19.6. The highest BCUT2D eigenvalue weighted by molar-refractivity contribution is 9.10. The van der Waals surface area contributed by atoms with Crippen LogP contribution in [0.1, 0.15) is 31.2 Å². The molecular weight excluding hydrogens is 456 g/mol. The summed E-state index contributed by atoms with van der Waals surface area (Å²) in [5.74, 6) is -0.783. The van der Waals surface area contributed by atoms with Crippen molar-refractivity contribution in [2.45, 2.75) is 25.7 Å². The second-order valence-electron chi connectivity index (χ2n) is 6.40. The van der Waals surface area contributed by atoms with E-state index in [9.17, 15) is 19.5 Å². The van der Waals surface area contributed by atoms with Crippen LogP contribution in [0.15, 0.2) is 21.5 Å². The number of phenols is 1. The van der Waals surface area contributed by atoms with Gasteiger partial charge in [-0.15, -0.1) is 0 Å². The number of rotatable bonds is 3. The van der Waals surface area contributed by atoms with E-state index in [-0.39, 0.29) is 28.1 Å². The monoisotopic (exact) mass is 472 g/mol. The Kier molecular flexibility index (Phi) is 6.49. The lowest BCUT2D eigenvalue weighted by atomic mass is 10.2. The van der Waals surface area contributed by atoms with Gasteiger partial charge in [0.15, 0.2) is 0 Å². The van der Waals surface area contributed by atoms with Gasteiger partial charge in [0.1, 0.15) is 12.3 Å². The first-order valence-electron chi connectivity index (χ1n) is 8.58. The molecule has 2 aliphatic rings. The van der Waals surface area contributed by atoms with Gasteiger partial charge >= 0.3 is 0 Å². The molecule has 0 aliphatic carbocycles. The van der Waals surface area contributed by atoms with E-state index >= 15 is 0 Å². The van der Waals surface area contributed by atoms with Crippen LogP contribution in [0.2, 0.25) is 5.02 Å². The number of phenolic OH excluding ortho intramolecular Hbond substituents is 1. The van der Waals surface area contributed by atoms with Gasteiger partial charge in [0.25, 0.3) is 11.1 Å². The van der Waals surface area contributed by atoms with E-state index in [4.69, 9.17) is 11.6 Å². The summed E-state index contributed by atoms with van der Waals surface area (Å²) in [6, 6.07) is 3.09. The van der Waals surface area contributed by atoms with Crippen LogP contribution in [-0.4, -0.2) is 51.6 Å². The van der Waals surface area contributed by atoms with Gasteiger partial charge in [-0.2, -0.15) is 0 Å². The molecule has 0 saturated carbocycles. The smallest absolute Gasteiger partial charge is 0.294 e. The fourth-order valence-corrected chi connectivity index (χ4v) is 4.67. The summed E-state index contributed by atoms with van der Waals surface area (Å²) in [5, 5.41) is 9.37. The van der Waals surface area contributed by atoms with Crippen LogP contribution in [0.25, 0.3) is 6.08 Å². The Morgan fingerprint density at radius 1 is 1.22 bits per heavy atom. The maximum atomic E-state index is 12.6. The van der Waals surface area contributed by atoms with Gasteiger partial charge in [-0.1, -0.05) is 24.4 Å². The second kappa shape index (κ2) is 8.67. The number of hydrogen-bond acceptors (Lipinski definition) is 5. The Labute approximate surface area is 174 Å². The highest BCUT2D eigenvalue weighted by Gasteiger charge is 2.37. The Hall–Kier alpha value is -1.51. The average Bonchev–Trinajstić information content (AvgIpc) is 2.84. The average molecular weight is 474 g/mol. The van der Waals surface area contributed by atoms with E-state index < -0.39 is 11.1 Å². The predicted octanol–water partition coefficient (Wildman–Crippen LogP) is 4.25. The Balaban J connectivity index is 1.74. The number of carbonyl (C=O) groups is 3. The molecule has 1 aromatic rings. The lowest BCUT2D eigenvalue weighted by molar-refractivity contribution is -0.135. The normalized spacial score (nSPS) is 19.7. The van der Waals surface area contributed by atoms with Crippen molar-refractivity contribution in [2.24, 2.45) is 0 Å². The lowest BCUT2D eigenvalue weighted by Crippen LogP contribution is -2.42. The summed E-state index contributed by atoms with van der Waals surface area (Å²) < 4.78 is 0.386. The van der Waals surface area contributed by atoms with Crippen molar-refractivity contribution in [1.29, 1.82) is 0 Å². The number of nitrogens with zero attached hydrogens (tertiary/aromatic N) is 2. The van der Waals surface area contributed by atoms with Crippen molar-refractivity contribution in [3.63, 3.8) is 0 Å². The predicted molar refractivity (Wildman–Crippen MR) is 109 cm³/mol. The summed E-state index contributed by atoms with van der Waals surface area (Å²) in [7, 11) is 0. The number of halogens is 2. The molecule has 9 heteroatoms. The van der Waals surface area contributed by atoms with Crippen LogP contribution in [0.4, 0.5) is 4.79 Å². The van der Waals surface area contributed by atoms with Crippen LogP contribution in [0.5, 0.6) is 5.75 Å². The molecule has 2 fully saturated rings. The molecule has 1 N–H and O–H groups in total. The molecule has 0 spiro atoms. The molecule has 0 radical (unpaired) electrons. The van der Waals surface area contributed by atoms with Gasteiger partial charge in [-0.25, -0.2) is 0 Å². The molecule has 2 heterocycles. The van der Waals surface area contributed by atoms with Gasteiger partial charge < -0.3 is 10.0 Å². The molecule has 3 amide bonds. The summed E-state index contributed by atoms with van der Waals surface area (Å²) in [6.45, 7) is 1.11. The molecule has 0 unspecified atom stereocenters. The summed E-state index contributed by atoms with van der Waals surface area (Å²) in [5.41, 5.74) is 0.564. The van der Waals surface area contributed by atoms with E-state index in [1.165, 1.54) is 12.1 Å². The van der Waals surface area contributed by atoms with Crippen molar-refractivity contribution < 1.29 is 19.5 Å². The molecule has 6 nitrogen and oxygen atoms in total. The number of hydrogen-bond donors (Lipinski definition) is 1.